The molecule has 0 amide bonds. The lowest BCUT2D eigenvalue weighted by atomic mass is 10.1. The van der Waals surface area contributed by atoms with Gasteiger partial charge >= 0.3 is 0 Å². The minimum absolute atomic E-state index is 0.0386. The molecule has 96 valence electrons. The van der Waals surface area contributed by atoms with E-state index in [1.807, 2.05) is 0 Å². The first-order chi connectivity index (χ1) is 7.94. The second kappa shape index (κ2) is 4.09. The number of hydrogen-bond acceptors (Lipinski definition) is 6. The first-order valence-corrected chi connectivity index (χ1v) is 5.30. The average Bonchev–Trinajstić information content (AvgIpc) is 2.67. The Balaban J connectivity index is 2.18. The lowest BCUT2D eigenvalue weighted by Gasteiger charge is -2.26. The highest BCUT2D eigenvalue weighted by molar-refractivity contribution is 5.02. The summed E-state index contributed by atoms with van der Waals surface area (Å²) in [5.74, 6) is -2.31. The van der Waals surface area contributed by atoms with Gasteiger partial charge in [0.1, 0.15) is 18.8 Å². The van der Waals surface area contributed by atoms with Gasteiger partial charge in [-0.1, -0.05) is 5.11 Å². The van der Waals surface area contributed by atoms with Gasteiger partial charge in [-0.05, 0) is 19.4 Å². The number of ether oxygens (including phenoxy) is 3. The lowest BCUT2D eigenvalue weighted by Crippen LogP contribution is -2.43. The van der Waals surface area contributed by atoms with Gasteiger partial charge in [0.2, 0.25) is 5.79 Å². The highest BCUT2D eigenvalue weighted by Crippen LogP contribution is 2.45. The molecule has 8 nitrogen and oxygen atoms in total. The number of fused-ring (bicyclic) bond motifs is 1. The average molecular weight is 245 g/mol. The van der Waals surface area contributed by atoms with Crippen LogP contribution in [-0.4, -0.2) is 53.3 Å². The highest BCUT2D eigenvalue weighted by Gasteiger charge is 2.64. The molecule has 0 spiro atoms. The minimum Gasteiger partial charge on any atom is -0.391 e. The van der Waals surface area contributed by atoms with Crippen LogP contribution in [0, 0.1) is 0 Å². The summed E-state index contributed by atoms with van der Waals surface area (Å²) in [4.78, 5) is 2.59. The Morgan fingerprint density at radius 2 is 2.12 bits per heavy atom. The third-order valence-electron chi connectivity index (χ3n) is 2.85. The van der Waals surface area contributed by atoms with Crippen LogP contribution in [0.2, 0.25) is 0 Å². The second-order valence-corrected chi connectivity index (χ2v) is 4.57. The quantitative estimate of drug-likeness (QED) is 0.409. The SMILES string of the molecule is CC1(C)OC2C(O)[C@H](CN=[N+]=[N-])O[C@@]2(CO)O1. The van der Waals surface area contributed by atoms with Crippen molar-refractivity contribution in [2.24, 2.45) is 5.11 Å². The Kier molecular flexibility index (Phi) is 3.03. The number of aliphatic hydroxyl groups is 2. The van der Waals surface area contributed by atoms with Crippen LogP contribution in [-0.2, 0) is 14.2 Å². The maximum Gasteiger partial charge on any atom is 0.224 e. The summed E-state index contributed by atoms with van der Waals surface area (Å²) in [5, 5.41) is 22.7. The summed E-state index contributed by atoms with van der Waals surface area (Å²) in [6.45, 7) is 2.86. The van der Waals surface area contributed by atoms with Gasteiger partial charge in [0, 0.05) is 4.91 Å². The van der Waals surface area contributed by atoms with E-state index in [1.54, 1.807) is 13.8 Å². The molecule has 2 heterocycles. The van der Waals surface area contributed by atoms with Gasteiger partial charge in [-0.2, -0.15) is 0 Å². The Morgan fingerprint density at radius 3 is 2.65 bits per heavy atom. The predicted octanol–water partition coefficient (Wildman–Crippen LogP) is -0.104. The molecule has 0 saturated carbocycles. The molecule has 8 heteroatoms. The summed E-state index contributed by atoms with van der Waals surface area (Å²) in [6.07, 6.45) is -2.53. The Morgan fingerprint density at radius 1 is 1.41 bits per heavy atom. The molecule has 0 radical (unpaired) electrons. The van der Waals surface area contributed by atoms with Crippen LogP contribution < -0.4 is 0 Å². The molecule has 2 aliphatic rings. The molecule has 2 saturated heterocycles. The van der Waals surface area contributed by atoms with Crippen LogP contribution in [0.15, 0.2) is 5.11 Å². The van der Waals surface area contributed by atoms with Gasteiger partial charge in [-0.15, -0.1) is 0 Å². The van der Waals surface area contributed by atoms with E-state index in [-0.39, 0.29) is 6.54 Å². The van der Waals surface area contributed by atoms with E-state index in [4.69, 9.17) is 19.7 Å². The van der Waals surface area contributed by atoms with Gasteiger partial charge in [-0.25, -0.2) is 0 Å². The van der Waals surface area contributed by atoms with Gasteiger partial charge < -0.3 is 24.4 Å². The fourth-order valence-electron chi connectivity index (χ4n) is 2.26. The Labute approximate surface area is 97.7 Å². The molecule has 4 atom stereocenters. The van der Waals surface area contributed by atoms with Crippen LogP contribution in [0.25, 0.3) is 10.4 Å². The molecule has 2 aliphatic heterocycles. The molecular weight excluding hydrogens is 230 g/mol. The third kappa shape index (κ3) is 1.99. The standard InChI is InChI=1S/C9H15N3O5/c1-8(2)16-7-6(14)5(3-11-12-10)15-9(7,4-13)17-8/h5-7,13-14H,3-4H2,1-2H3/t5-,6?,7?,9-/m0/s1. The van der Waals surface area contributed by atoms with E-state index in [0.29, 0.717) is 0 Å². The van der Waals surface area contributed by atoms with Crippen molar-refractivity contribution in [2.45, 2.75) is 43.7 Å². The van der Waals surface area contributed by atoms with Crippen LogP contribution in [0.4, 0.5) is 0 Å². The molecule has 0 aromatic rings. The molecule has 0 aliphatic carbocycles. The zero-order valence-corrected chi connectivity index (χ0v) is 9.61. The number of aliphatic hydroxyl groups excluding tert-OH is 2. The smallest absolute Gasteiger partial charge is 0.224 e. The summed E-state index contributed by atoms with van der Waals surface area (Å²) < 4.78 is 16.5. The van der Waals surface area contributed by atoms with E-state index in [9.17, 15) is 10.2 Å². The number of rotatable bonds is 3. The molecule has 0 aromatic carbocycles. The van der Waals surface area contributed by atoms with Crippen molar-refractivity contribution >= 4 is 0 Å². The van der Waals surface area contributed by atoms with Gasteiger partial charge in [-0.3, -0.25) is 0 Å². The minimum atomic E-state index is -1.38. The van der Waals surface area contributed by atoms with E-state index >= 15 is 0 Å². The van der Waals surface area contributed by atoms with Crippen molar-refractivity contribution in [3.05, 3.63) is 10.4 Å². The van der Waals surface area contributed by atoms with Crippen molar-refractivity contribution in [3.8, 4) is 0 Å². The van der Waals surface area contributed by atoms with Gasteiger partial charge in [0.05, 0.1) is 12.6 Å². The summed E-state index contributed by atoms with van der Waals surface area (Å²) in [5.41, 5.74) is 8.23. The van der Waals surface area contributed by atoms with E-state index < -0.39 is 36.5 Å². The lowest BCUT2D eigenvalue weighted by molar-refractivity contribution is -0.272. The van der Waals surface area contributed by atoms with E-state index in [0.717, 1.165) is 0 Å². The molecule has 0 bridgehead atoms. The summed E-state index contributed by atoms with van der Waals surface area (Å²) in [7, 11) is 0. The predicted molar refractivity (Wildman–Crippen MR) is 54.7 cm³/mol. The first-order valence-electron chi connectivity index (χ1n) is 5.30. The maximum absolute atomic E-state index is 9.99. The van der Waals surface area contributed by atoms with E-state index in [1.165, 1.54) is 0 Å². The van der Waals surface area contributed by atoms with E-state index in [2.05, 4.69) is 10.0 Å². The Hall–Kier alpha value is -0.890. The molecule has 2 unspecified atom stereocenters. The first kappa shape index (κ1) is 12.6. The fraction of sp³-hybridized carbons (Fsp3) is 1.00. The number of hydrogen-bond donors (Lipinski definition) is 2. The Bertz CT molecular complexity index is 357. The number of nitrogens with zero attached hydrogens (tertiary/aromatic N) is 3. The molecule has 2 fully saturated rings. The topological polar surface area (TPSA) is 117 Å². The highest BCUT2D eigenvalue weighted by atomic mass is 16.9. The molecule has 0 aromatic heterocycles. The molecule has 17 heavy (non-hydrogen) atoms. The maximum atomic E-state index is 9.99. The molecule has 2 N–H and O–H groups in total. The van der Waals surface area contributed by atoms with Crippen molar-refractivity contribution in [3.63, 3.8) is 0 Å². The summed E-state index contributed by atoms with van der Waals surface area (Å²) >= 11 is 0. The number of azide groups is 1. The van der Waals surface area contributed by atoms with Crippen molar-refractivity contribution in [1.82, 2.24) is 0 Å². The van der Waals surface area contributed by atoms with Gasteiger partial charge in [0.25, 0.3) is 0 Å². The van der Waals surface area contributed by atoms with Gasteiger partial charge in [0.15, 0.2) is 5.79 Å². The van der Waals surface area contributed by atoms with Crippen molar-refractivity contribution < 1.29 is 24.4 Å². The largest absolute Gasteiger partial charge is 0.391 e. The third-order valence-corrected chi connectivity index (χ3v) is 2.85. The van der Waals surface area contributed by atoms with Crippen molar-refractivity contribution in [1.29, 1.82) is 0 Å². The second-order valence-electron chi connectivity index (χ2n) is 4.57. The van der Waals surface area contributed by atoms with Crippen molar-refractivity contribution in [2.75, 3.05) is 13.2 Å². The normalized spacial score (nSPS) is 43.2. The van der Waals surface area contributed by atoms with Crippen LogP contribution in [0.1, 0.15) is 13.8 Å². The molecule has 2 rings (SSSR count). The monoisotopic (exact) mass is 245 g/mol. The zero-order valence-electron chi connectivity index (χ0n) is 9.61. The zero-order chi connectivity index (χ0) is 12.7. The van der Waals surface area contributed by atoms with Crippen LogP contribution >= 0.6 is 0 Å². The van der Waals surface area contributed by atoms with Crippen LogP contribution in [0.5, 0.6) is 0 Å². The molecular formula is C9H15N3O5. The fourth-order valence-corrected chi connectivity index (χ4v) is 2.26. The van der Waals surface area contributed by atoms with Crippen LogP contribution in [0.3, 0.4) is 0 Å². The summed E-state index contributed by atoms with van der Waals surface area (Å²) in [6, 6.07) is 0.